The van der Waals surface area contributed by atoms with Gasteiger partial charge in [-0.3, -0.25) is 10.1 Å². The van der Waals surface area contributed by atoms with Crippen molar-refractivity contribution in [3.8, 4) is 0 Å². The molecule has 0 saturated carbocycles. The van der Waals surface area contributed by atoms with E-state index in [9.17, 15) is 18.9 Å². The minimum Gasteiger partial charge on any atom is -0.258 e. The predicted molar refractivity (Wildman–Crippen MR) is 61.8 cm³/mol. The molecule has 17 heavy (non-hydrogen) atoms. The summed E-state index contributed by atoms with van der Waals surface area (Å²) in [4.78, 5) is 9.98. The molecule has 1 aromatic carbocycles. The lowest BCUT2D eigenvalue weighted by Gasteiger charge is -2.05. The fourth-order valence-corrected chi connectivity index (χ4v) is 1.51. The number of allylic oxidation sites excluding steroid dienone is 1. The number of non-ortho nitro benzene ring substituents is 1. The molecule has 1 rings (SSSR count). The van der Waals surface area contributed by atoms with Gasteiger partial charge in [0.25, 0.3) is 11.8 Å². The van der Waals surface area contributed by atoms with Crippen LogP contribution in [0.5, 0.6) is 0 Å². The van der Waals surface area contributed by atoms with Gasteiger partial charge < -0.3 is 0 Å². The molecular weight excluding hydrogens is 228 g/mol. The minimum atomic E-state index is -1.76. The van der Waals surface area contributed by atoms with E-state index in [0.29, 0.717) is 6.42 Å². The van der Waals surface area contributed by atoms with Crippen LogP contribution in [-0.2, 0) is 0 Å². The largest absolute Gasteiger partial charge is 0.274 e. The van der Waals surface area contributed by atoms with E-state index in [1.165, 1.54) is 24.3 Å². The second-order valence-electron chi connectivity index (χ2n) is 3.65. The van der Waals surface area contributed by atoms with Crippen LogP contribution in [0.1, 0.15) is 31.7 Å². The number of rotatable bonds is 5. The lowest BCUT2D eigenvalue weighted by molar-refractivity contribution is -0.384. The fourth-order valence-electron chi connectivity index (χ4n) is 1.51. The van der Waals surface area contributed by atoms with Crippen LogP contribution >= 0.6 is 0 Å². The maximum Gasteiger partial charge on any atom is 0.274 e. The highest BCUT2D eigenvalue weighted by Gasteiger charge is 2.12. The van der Waals surface area contributed by atoms with Gasteiger partial charge in [0.05, 0.1) is 4.92 Å². The third kappa shape index (κ3) is 3.62. The van der Waals surface area contributed by atoms with Gasteiger partial charge >= 0.3 is 0 Å². The topological polar surface area (TPSA) is 43.1 Å². The summed E-state index contributed by atoms with van der Waals surface area (Å²) in [7, 11) is 0. The zero-order chi connectivity index (χ0) is 12.8. The van der Waals surface area contributed by atoms with Crippen LogP contribution in [0.15, 0.2) is 30.3 Å². The van der Waals surface area contributed by atoms with Crippen molar-refractivity contribution in [1.29, 1.82) is 0 Å². The van der Waals surface area contributed by atoms with Gasteiger partial charge in [0.15, 0.2) is 0 Å². The summed E-state index contributed by atoms with van der Waals surface area (Å²) in [5.41, 5.74) is -0.0408. The van der Waals surface area contributed by atoms with Crippen LogP contribution in [0.4, 0.5) is 14.5 Å². The Balaban J connectivity index is 3.07. The molecular formula is C12H13F2NO2. The van der Waals surface area contributed by atoms with Crippen LogP contribution in [0.3, 0.4) is 0 Å². The van der Waals surface area contributed by atoms with Crippen molar-refractivity contribution in [2.45, 2.75) is 26.2 Å². The molecule has 3 nitrogen and oxygen atoms in total. The monoisotopic (exact) mass is 241 g/mol. The van der Waals surface area contributed by atoms with Gasteiger partial charge in [-0.15, -0.1) is 0 Å². The minimum absolute atomic E-state index is 0.101. The highest BCUT2D eigenvalue weighted by Crippen LogP contribution is 2.28. The Labute approximate surface area is 97.9 Å². The van der Waals surface area contributed by atoms with Gasteiger partial charge in [0, 0.05) is 17.7 Å². The summed E-state index contributed by atoms with van der Waals surface area (Å²) in [6.45, 7) is 1.90. The lowest BCUT2D eigenvalue weighted by Crippen LogP contribution is -1.91. The molecule has 0 fully saturated rings. The van der Waals surface area contributed by atoms with Gasteiger partial charge in [0.1, 0.15) is 0 Å². The number of unbranched alkanes of at least 4 members (excludes halogenated alkanes) is 1. The van der Waals surface area contributed by atoms with Crippen molar-refractivity contribution in [3.63, 3.8) is 0 Å². The average molecular weight is 241 g/mol. The molecule has 0 saturated heterocycles. The molecule has 0 N–H and O–H groups in total. The molecule has 0 spiro atoms. The predicted octanol–water partition coefficient (Wildman–Crippen LogP) is 4.39. The van der Waals surface area contributed by atoms with E-state index in [-0.39, 0.29) is 23.2 Å². The number of hydrogen-bond donors (Lipinski definition) is 0. The fraction of sp³-hybridized carbons (Fsp3) is 0.333. The van der Waals surface area contributed by atoms with Gasteiger partial charge in [-0.2, -0.15) is 8.78 Å². The second-order valence-corrected chi connectivity index (χ2v) is 3.65. The highest BCUT2D eigenvalue weighted by atomic mass is 19.3. The quantitative estimate of drug-likeness (QED) is 0.566. The van der Waals surface area contributed by atoms with Crippen LogP contribution in [0.25, 0.3) is 5.57 Å². The Hall–Kier alpha value is -1.78. The van der Waals surface area contributed by atoms with Crippen LogP contribution in [0, 0.1) is 10.1 Å². The molecule has 0 heterocycles. The Morgan fingerprint density at radius 2 is 2.12 bits per heavy atom. The van der Waals surface area contributed by atoms with Crippen molar-refractivity contribution in [1.82, 2.24) is 0 Å². The first-order valence-electron chi connectivity index (χ1n) is 5.35. The van der Waals surface area contributed by atoms with E-state index in [0.717, 1.165) is 6.42 Å². The van der Waals surface area contributed by atoms with Gasteiger partial charge in [-0.25, -0.2) is 0 Å². The van der Waals surface area contributed by atoms with E-state index < -0.39 is 11.0 Å². The SMILES string of the molecule is CCCCC(=C(F)F)c1cccc([N+](=O)[O-])c1. The first-order chi connectivity index (χ1) is 8.06. The van der Waals surface area contributed by atoms with Crippen molar-refractivity contribution >= 4 is 11.3 Å². The van der Waals surface area contributed by atoms with E-state index in [4.69, 9.17) is 0 Å². The van der Waals surface area contributed by atoms with Gasteiger partial charge in [0.2, 0.25) is 0 Å². The van der Waals surface area contributed by atoms with Crippen LogP contribution in [-0.4, -0.2) is 4.92 Å². The Kier molecular flexibility index (Phi) is 4.75. The number of nitrogens with zero attached hydrogens (tertiary/aromatic N) is 1. The summed E-state index contributed by atoms with van der Waals surface area (Å²) in [6, 6.07) is 5.36. The summed E-state index contributed by atoms with van der Waals surface area (Å²) in [5.74, 6) is 0. The summed E-state index contributed by atoms with van der Waals surface area (Å²) in [6.07, 6.45) is -0.0971. The molecule has 0 aliphatic heterocycles. The van der Waals surface area contributed by atoms with E-state index in [1.54, 1.807) is 0 Å². The molecule has 5 heteroatoms. The number of benzene rings is 1. The van der Waals surface area contributed by atoms with E-state index in [2.05, 4.69) is 0 Å². The zero-order valence-corrected chi connectivity index (χ0v) is 9.45. The first kappa shape index (κ1) is 13.3. The van der Waals surface area contributed by atoms with Crippen molar-refractivity contribution in [2.75, 3.05) is 0 Å². The third-order valence-corrected chi connectivity index (χ3v) is 2.41. The van der Waals surface area contributed by atoms with E-state index >= 15 is 0 Å². The standard InChI is InChI=1S/C12H13F2NO2/c1-2-3-7-11(12(13)14)9-5-4-6-10(8-9)15(16)17/h4-6,8H,2-3,7H2,1H3. The second kappa shape index (κ2) is 6.08. The Morgan fingerprint density at radius 1 is 1.41 bits per heavy atom. The maximum absolute atomic E-state index is 12.8. The van der Waals surface area contributed by atoms with Crippen LogP contribution in [0.2, 0.25) is 0 Å². The number of nitro benzene ring substituents is 1. The number of nitro groups is 1. The smallest absolute Gasteiger partial charge is 0.258 e. The molecule has 0 aliphatic rings. The third-order valence-electron chi connectivity index (χ3n) is 2.41. The number of halogens is 2. The summed E-state index contributed by atoms with van der Waals surface area (Å²) >= 11 is 0. The van der Waals surface area contributed by atoms with Crippen molar-refractivity contribution < 1.29 is 13.7 Å². The Morgan fingerprint density at radius 3 is 2.65 bits per heavy atom. The molecule has 0 aliphatic carbocycles. The van der Waals surface area contributed by atoms with Crippen molar-refractivity contribution in [3.05, 3.63) is 46.0 Å². The van der Waals surface area contributed by atoms with E-state index in [1.807, 2.05) is 6.92 Å². The highest BCUT2D eigenvalue weighted by molar-refractivity contribution is 5.67. The maximum atomic E-state index is 12.8. The normalized spacial score (nSPS) is 10.1. The molecule has 1 aromatic rings. The zero-order valence-electron chi connectivity index (χ0n) is 9.45. The molecule has 0 radical (unpaired) electrons. The summed E-state index contributed by atoms with van der Waals surface area (Å²) < 4.78 is 25.5. The molecule has 0 unspecified atom stereocenters. The Bertz CT molecular complexity index is 440. The molecule has 0 aromatic heterocycles. The van der Waals surface area contributed by atoms with Crippen LogP contribution < -0.4 is 0 Å². The summed E-state index contributed by atoms with van der Waals surface area (Å²) in [5, 5.41) is 10.6. The molecule has 92 valence electrons. The van der Waals surface area contributed by atoms with Gasteiger partial charge in [-0.05, 0) is 18.4 Å². The molecule has 0 amide bonds. The molecule has 0 bridgehead atoms. The average Bonchev–Trinajstić information content (AvgIpc) is 2.29. The molecule has 0 atom stereocenters. The lowest BCUT2D eigenvalue weighted by atomic mass is 10.0. The first-order valence-corrected chi connectivity index (χ1v) is 5.35. The van der Waals surface area contributed by atoms with Crippen molar-refractivity contribution in [2.24, 2.45) is 0 Å². The number of hydrogen-bond acceptors (Lipinski definition) is 2. The van der Waals surface area contributed by atoms with Gasteiger partial charge in [-0.1, -0.05) is 25.5 Å².